The van der Waals surface area contributed by atoms with Gasteiger partial charge in [0, 0.05) is 24.2 Å². The van der Waals surface area contributed by atoms with E-state index in [0.29, 0.717) is 11.3 Å². The van der Waals surface area contributed by atoms with E-state index in [2.05, 4.69) is 10.7 Å². The third-order valence-electron chi connectivity index (χ3n) is 2.42. The molecule has 0 unspecified atom stereocenters. The quantitative estimate of drug-likeness (QED) is 0.720. The van der Waals surface area contributed by atoms with Gasteiger partial charge < -0.3 is 11.1 Å². The van der Waals surface area contributed by atoms with Crippen LogP contribution in [0.3, 0.4) is 0 Å². The highest BCUT2D eigenvalue weighted by Gasteiger charge is 2.17. The van der Waals surface area contributed by atoms with Crippen molar-refractivity contribution in [2.24, 2.45) is 5.73 Å². The summed E-state index contributed by atoms with van der Waals surface area (Å²) in [5.74, 6) is -0.715. The first-order valence-corrected chi connectivity index (χ1v) is 6.08. The van der Waals surface area contributed by atoms with Gasteiger partial charge in [0.2, 0.25) is 5.91 Å². The van der Waals surface area contributed by atoms with Crippen molar-refractivity contribution in [3.8, 4) is 0 Å². The molecule has 108 valence electrons. The van der Waals surface area contributed by atoms with Crippen LogP contribution >= 0.6 is 0 Å². The number of urea groups is 1. The topological polar surface area (TPSA) is 105 Å². The van der Waals surface area contributed by atoms with Gasteiger partial charge in [0.1, 0.15) is 0 Å². The van der Waals surface area contributed by atoms with Crippen LogP contribution in [0.1, 0.15) is 31.1 Å². The van der Waals surface area contributed by atoms with Crippen molar-refractivity contribution in [2.75, 3.05) is 5.32 Å². The first-order chi connectivity index (χ1) is 9.31. The summed E-state index contributed by atoms with van der Waals surface area (Å²) in [6.45, 7) is 4.82. The predicted molar refractivity (Wildman–Crippen MR) is 74.8 cm³/mol. The van der Waals surface area contributed by atoms with Crippen molar-refractivity contribution in [3.63, 3.8) is 0 Å². The Bertz CT molecular complexity index is 528. The fourth-order valence-electron chi connectivity index (χ4n) is 1.55. The van der Waals surface area contributed by atoms with Crippen LogP contribution in [-0.2, 0) is 4.79 Å². The van der Waals surface area contributed by atoms with Crippen LogP contribution < -0.4 is 16.5 Å². The predicted octanol–water partition coefficient (Wildman–Crippen LogP) is 1.08. The van der Waals surface area contributed by atoms with E-state index in [1.54, 1.807) is 32.0 Å². The first-order valence-electron chi connectivity index (χ1n) is 6.08. The van der Waals surface area contributed by atoms with E-state index in [1.807, 2.05) is 0 Å². The zero-order valence-corrected chi connectivity index (χ0v) is 11.6. The van der Waals surface area contributed by atoms with Crippen molar-refractivity contribution in [1.29, 1.82) is 0 Å². The van der Waals surface area contributed by atoms with Crippen LogP contribution in [0.2, 0.25) is 0 Å². The van der Waals surface area contributed by atoms with Gasteiger partial charge >= 0.3 is 6.03 Å². The molecule has 0 spiro atoms. The number of rotatable bonds is 3. The molecule has 0 aromatic heterocycles. The summed E-state index contributed by atoms with van der Waals surface area (Å²) in [6, 6.07) is 5.36. The number of hydrogen-bond donors (Lipinski definition) is 3. The molecule has 7 heteroatoms. The second-order valence-corrected chi connectivity index (χ2v) is 4.50. The molecule has 0 aliphatic rings. The minimum atomic E-state index is -0.744. The fourth-order valence-corrected chi connectivity index (χ4v) is 1.55. The van der Waals surface area contributed by atoms with Crippen molar-refractivity contribution in [2.45, 2.75) is 26.8 Å². The van der Waals surface area contributed by atoms with Crippen molar-refractivity contribution < 1.29 is 14.4 Å². The molecule has 0 aliphatic carbocycles. The molecule has 20 heavy (non-hydrogen) atoms. The van der Waals surface area contributed by atoms with Gasteiger partial charge in [-0.2, -0.15) is 0 Å². The van der Waals surface area contributed by atoms with E-state index in [9.17, 15) is 14.4 Å². The molecule has 0 saturated carbocycles. The van der Waals surface area contributed by atoms with Crippen molar-refractivity contribution >= 4 is 23.5 Å². The molecule has 1 aromatic carbocycles. The van der Waals surface area contributed by atoms with Crippen molar-refractivity contribution in [3.05, 3.63) is 29.8 Å². The maximum atomic E-state index is 12.0. The lowest BCUT2D eigenvalue weighted by Gasteiger charge is -2.24. The van der Waals surface area contributed by atoms with Gasteiger partial charge in [-0.05, 0) is 32.0 Å². The van der Waals surface area contributed by atoms with Gasteiger partial charge in [-0.25, -0.2) is 9.80 Å². The highest BCUT2D eigenvalue weighted by atomic mass is 16.2. The Morgan fingerprint density at radius 1 is 1.25 bits per heavy atom. The summed E-state index contributed by atoms with van der Waals surface area (Å²) in [5, 5.41) is 3.61. The Balaban J connectivity index is 2.86. The second-order valence-electron chi connectivity index (χ2n) is 4.50. The number of hydrazine groups is 1. The molecule has 1 rings (SSSR count). The molecule has 0 atom stereocenters. The lowest BCUT2D eigenvalue weighted by Crippen LogP contribution is -2.52. The van der Waals surface area contributed by atoms with Crippen LogP contribution in [0.4, 0.5) is 10.5 Å². The molecule has 4 N–H and O–H groups in total. The third-order valence-corrected chi connectivity index (χ3v) is 2.42. The monoisotopic (exact) mass is 278 g/mol. The average molecular weight is 278 g/mol. The Morgan fingerprint density at radius 3 is 2.40 bits per heavy atom. The molecule has 0 fully saturated rings. The highest BCUT2D eigenvalue weighted by molar-refractivity contribution is 5.97. The summed E-state index contributed by atoms with van der Waals surface area (Å²) < 4.78 is 0. The second kappa shape index (κ2) is 6.55. The number of nitrogens with two attached hydrogens (primary N) is 1. The molecular weight excluding hydrogens is 260 g/mol. The van der Waals surface area contributed by atoms with E-state index in [0.717, 1.165) is 5.01 Å². The van der Waals surface area contributed by atoms with Gasteiger partial charge in [0.05, 0.1) is 0 Å². The molecule has 0 heterocycles. The summed E-state index contributed by atoms with van der Waals surface area (Å²) in [4.78, 5) is 34.2. The summed E-state index contributed by atoms with van der Waals surface area (Å²) in [5.41, 5.74) is 8.40. The lowest BCUT2D eigenvalue weighted by molar-refractivity contribution is -0.114. The maximum absolute atomic E-state index is 12.0. The van der Waals surface area contributed by atoms with Gasteiger partial charge in [-0.1, -0.05) is 6.07 Å². The summed E-state index contributed by atoms with van der Waals surface area (Å²) in [7, 11) is 0. The summed E-state index contributed by atoms with van der Waals surface area (Å²) >= 11 is 0. The number of amides is 4. The molecule has 0 saturated heterocycles. The number of benzene rings is 1. The third kappa shape index (κ3) is 4.27. The normalized spacial score (nSPS) is 10.0. The van der Waals surface area contributed by atoms with Gasteiger partial charge in [0.15, 0.2) is 0 Å². The average Bonchev–Trinajstić information content (AvgIpc) is 2.34. The van der Waals surface area contributed by atoms with Crippen LogP contribution in [0.5, 0.6) is 0 Å². The number of carbonyl (C=O) groups excluding carboxylic acids is 3. The maximum Gasteiger partial charge on any atom is 0.333 e. The number of nitrogens with one attached hydrogen (secondary N) is 2. The number of hydrogen-bond acceptors (Lipinski definition) is 3. The SMILES string of the molecule is CC(=O)Nc1cccc(C(=O)NN(C(N)=O)C(C)C)c1. The van der Waals surface area contributed by atoms with Crippen LogP contribution in [0.25, 0.3) is 0 Å². The number of primary amides is 1. The molecule has 0 bridgehead atoms. The van der Waals surface area contributed by atoms with Crippen LogP contribution in [-0.4, -0.2) is 28.9 Å². The Hall–Kier alpha value is -2.57. The molecule has 7 nitrogen and oxygen atoms in total. The van der Waals surface area contributed by atoms with Crippen LogP contribution in [0.15, 0.2) is 24.3 Å². The lowest BCUT2D eigenvalue weighted by atomic mass is 10.2. The highest BCUT2D eigenvalue weighted by Crippen LogP contribution is 2.11. The van der Waals surface area contributed by atoms with Crippen molar-refractivity contribution in [1.82, 2.24) is 10.4 Å². The van der Waals surface area contributed by atoms with Gasteiger partial charge in [-0.3, -0.25) is 15.0 Å². The Morgan fingerprint density at radius 2 is 1.90 bits per heavy atom. The Kier molecular flexibility index (Phi) is 5.08. The van der Waals surface area contributed by atoms with E-state index < -0.39 is 11.9 Å². The Labute approximate surface area is 117 Å². The zero-order valence-electron chi connectivity index (χ0n) is 11.6. The zero-order chi connectivity index (χ0) is 15.3. The molecular formula is C13H18N4O3. The number of anilines is 1. The van der Waals surface area contributed by atoms with E-state index in [-0.39, 0.29) is 11.9 Å². The van der Waals surface area contributed by atoms with E-state index >= 15 is 0 Å². The van der Waals surface area contributed by atoms with E-state index in [1.165, 1.54) is 13.0 Å². The van der Waals surface area contributed by atoms with E-state index in [4.69, 9.17) is 5.73 Å². The standard InChI is InChI=1S/C13H18N4O3/c1-8(2)17(13(14)20)16-12(19)10-5-4-6-11(7-10)15-9(3)18/h4-8H,1-3H3,(H2,14,20)(H,15,18)(H,16,19). The number of nitrogens with zero attached hydrogens (tertiary/aromatic N) is 1. The van der Waals surface area contributed by atoms with Gasteiger partial charge in [0.25, 0.3) is 5.91 Å². The smallest absolute Gasteiger partial charge is 0.333 e. The largest absolute Gasteiger partial charge is 0.350 e. The minimum Gasteiger partial charge on any atom is -0.350 e. The minimum absolute atomic E-state index is 0.233. The molecule has 1 aromatic rings. The van der Waals surface area contributed by atoms with Crippen LogP contribution in [0, 0.1) is 0 Å². The fraction of sp³-hybridized carbons (Fsp3) is 0.308. The molecule has 0 aliphatic heterocycles. The molecule has 0 radical (unpaired) electrons. The van der Waals surface area contributed by atoms with Gasteiger partial charge in [-0.15, -0.1) is 0 Å². The number of carbonyl (C=O) groups is 3. The summed E-state index contributed by atoms with van der Waals surface area (Å²) in [6.07, 6.45) is 0. The molecule has 4 amide bonds. The first kappa shape index (κ1) is 15.5.